The van der Waals surface area contributed by atoms with Crippen molar-refractivity contribution in [1.29, 1.82) is 0 Å². The fourth-order valence-electron chi connectivity index (χ4n) is 3.34. The van der Waals surface area contributed by atoms with Crippen LogP contribution < -0.4 is 5.32 Å². The van der Waals surface area contributed by atoms with Crippen LogP contribution in [0.1, 0.15) is 47.0 Å². The van der Waals surface area contributed by atoms with Gasteiger partial charge in [-0.15, -0.1) is 0 Å². The summed E-state index contributed by atoms with van der Waals surface area (Å²) in [5.74, 6) is 0.826. The molecule has 3 heteroatoms. The first-order chi connectivity index (χ1) is 7.44. The molecule has 16 heavy (non-hydrogen) atoms. The molecular weight excluding hydrogens is 208 g/mol. The minimum absolute atomic E-state index is 0.101. The van der Waals surface area contributed by atoms with Gasteiger partial charge in [0.2, 0.25) is 0 Å². The monoisotopic (exact) mass is 233 g/mol. The molecular formula is C13H25F2N. The van der Waals surface area contributed by atoms with E-state index in [-0.39, 0.29) is 5.92 Å². The quantitative estimate of drug-likeness (QED) is 0.781. The molecule has 0 aromatic rings. The summed E-state index contributed by atoms with van der Waals surface area (Å²) >= 11 is 0. The minimum Gasteiger partial charge on any atom is -0.306 e. The maximum absolute atomic E-state index is 13.5. The summed E-state index contributed by atoms with van der Waals surface area (Å²) in [5.41, 5.74) is -0.944. The van der Waals surface area contributed by atoms with Crippen LogP contribution in [0.25, 0.3) is 0 Å². The van der Waals surface area contributed by atoms with Gasteiger partial charge in [0.25, 0.3) is 6.43 Å². The van der Waals surface area contributed by atoms with Gasteiger partial charge in [0.15, 0.2) is 0 Å². The van der Waals surface area contributed by atoms with Gasteiger partial charge in [-0.2, -0.15) is 0 Å². The number of rotatable bonds is 4. The number of halogens is 2. The Morgan fingerprint density at radius 1 is 1.31 bits per heavy atom. The van der Waals surface area contributed by atoms with Crippen molar-refractivity contribution < 1.29 is 8.78 Å². The molecule has 0 aliphatic heterocycles. The number of hydrogen-bond donors (Lipinski definition) is 1. The minimum atomic E-state index is -2.26. The molecule has 96 valence electrons. The van der Waals surface area contributed by atoms with E-state index in [0.717, 1.165) is 12.8 Å². The van der Waals surface area contributed by atoms with E-state index in [4.69, 9.17) is 0 Å². The molecule has 1 N–H and O–H groups in total. The normalized spacial score (nSPS) is 36.0. The zero-order chi connectivity index (χ0) is 12.3. The zero-order valence-corrected chi connectivity index (χ0v) is 10.9. The van der Waals surface area contributed by atoms with Crippen LogP contribution in [0.4, 0.5) is 8.78 Å². The predicted molar refractivity (Wildman–Crippen MR) is 63.8 cm³/mol. The van der Waals surface area contributed by atoms with E-state index in [2.05, 4.69) is 26.1 Å². The summed E-state index contributed by atoms with van der Waals surface area (Å²) in [5, 5.41) is 3.11. The fraction of sp³-hybridized carbons (Fsp3) is 1.00. The zero-order valence-electron chi connectivity index (χ0n) is 10.9. The summed E-state index contributed by atoms with van der Waals surface area (Å²) in [6.45, 7) is 8.76. The Kier molecular flexibility index (Phi) is 4.72. The van der Waals surface area contributed by atoms with Crippen LogP contribution in [0.15, 0.2) is 0 Å². The third kappa shape index (κ3) is 2.55. The van der Waals surface area contributed by atoms with E-state index in [9.17, 15) is 8.78 Å². The van der Waals surface area contributed by atoms with Crippen molar-refractivity contribution in [2.75, 3.05) is 6.54 Å². The van der Waals surface area contributed by atoms with Gasteiger partial charge in [0.05, 0.1) is 5.54 Å². The lowest BCUT2D eigenvalue weighted by atomic mass is 9.65. The van der Waals surface area contributed by atoms with Crippen molar-refractivity contribution >= 4 is 0 Å². The maximum atomic E-state index is 13.5. The molecule has 1 aliphatic carbocycles. The standard InChI is InChI=1S/C13H25F2N/c1-5-16-13(12(14)15)8-10(4)6-7-11(13)9(2)3/h9-12,16H,5-8H2,1-4H3. The molecule has 3 atom stereocenters. The van der Waals surface area contributed by atoms with Gasteiger partial charge in [-0.25, -0.2) is 8.78 Å². The van der Waals surface area contributed by atoms with Crippen LogP contribution in [0.3, 0.4) is 0 Å². The van der Waals surface area contributed by atoms with E-state index in [1.165, 1.54) is 0 Å². The second kappa shape index (κ2) is 5.44. The molecule has 0 spiro atoms. The van der Waals surface area contributed by atoms with Crippen molar-refractivity contribution in [3.05, 3.63) is 0 Å². The first kappa shape index (κ1) is 13.9. The summed E-state index contributed by atoms with van der Waals surface area (Å²) in [6, 6.07) is 0. The average molecular weight is 233 g/mol. The third-order valence-electron chi connectivity index (χ3n) is 4.02. The smallest absolute Gasteiger partial charge is 0.256 e. The van der Waals surface area contributed by atoms with Crippen LogP contribution in [-0.4, -0.2) is 18.5 Å². The molecule has 0 heterocycles. The Bertz CT molecular complexity index is 218. The van der Waals surface area contributed by atoms with Gasteiger partial charge in [-0.05, 0) is 37.1 Å². The molecule has 0 bridgehead atoms. The van der Waals surface area contributed by atoms with E-state index in [1.807, 2.05) is 6.92 Å². The summed E-state index contributed by atoms with van der Waals surface area (Å²) < 4.78 is 27.0. The van der Waals surface area contributed by atoms with E-state index in [0.29, 0.717) is 24.8 Å². The van der Waals surface area contributed by atoms with E-state index in [1.54, 1.807) is 0 Å². The lowest BCUT2D eigenvalue weighted by Crippen LogP contribution is -2.60. The topological polar surface area (TPSA) is 12.0 Å². The maximum Gasteiger partial charge on any atom is 0.256 e. The first-order valence-corrected chi connectivity index (χ1v) is 6.47. The molecule has 1 rings (SSSR count). The Morgan fingerprint density at radius 3 is 2.38 bits per heavy atom. The summed E-state index contributed by atoms with van der Waals surface area (Å²) in [4.78, 5) is 0. The summed E-state index contributed by atoms with van der Waals surface area (Å²) in [6.07, 6.45) is 0.364. The molecule has 1 fully saturated rings. The Morgan fingerprint density at radius 2 is 1.94 bits per heavy atom. The van der Waals surface area contributed by atoms with E-state index >= 15 is 0 Å². The number of nitrogens with one attached hydrogen (secondary N) is 1. The molecule has 0 amide bonds. The third-order valence-corrected chi connectivity index (χ3v) is 4.02. The highest BCUT2D eigenvalue weighted by atomic mass is 19.3. The Balaban J connectivity index is 2.95. The largest absolute Gasteiger partial charge is 0.306 e. The first-order valence-electron chi connectivity index (χ1n) is 6.47. The predicted octanol–water partition coefficient (Wildman–Crippen LogP) is 3.69. The van der Waals surface area contributed by atoms with Crippen molar-refractivity contribution in [2.45, 2.75) is 58.9 Å². The van der Waals surface area contributed by atoms with Gasteiger partial charge in [0.1, 0.15) is 0 Å². The highest BCUT2D eigenvalue weighted by molar-refractivity contribution is 5.01. The highest BCUT2D eigenvalue weighted by Gasteiger charge is 2.50. The molecule has 1 aliphatic rings. The highest BCUT2D eigenvalue weighted by Crippen LogP contribution is 2.44. The van der Waals surface area contributed by atoms with Crippen LogP contribution in [0, 0.1) is 17.8 Å². The molecule has 1 nitrogen and oxygen atoms in total. The van der Waals surface area contributed by atoms with Gasteiger partial charge >= 0.3 is 0 Å². The molecule has 0 saturated heterocycles. The molecule has 0 radical (unpaired) electrons. The number of alkyl halides is 2. The average Bonchev–Trinajstić information content (AvgIpc) is 2.17. The van der Waals surface area contributed by atoms with Crippen LogP contribution in [-0.2, 0) is 0 Å². The second-order valence-electron chi connectivity index (χ2n) is 5.61. The van der Waals surface area contributed by atoms with Crippen molar-refractivity contribution in [3.8, 4) is 0 Å². The van der Waals surface area contributed by atoms with Crippen LogP contribution in [0.2, 0.25) is 0 Å². The fourth-order valence-corrected chi connectivity index (χ4v) is 3.34. The van der Waals surface area contributed by atoms with Crippen LogP contribution >= 0.6 is 0 Å². The van der Waals surface area contributed by atoms with Crippen LogP contribution in [0.5, 0.6) is 0 Å². The van der Waals surface area contributed by atoms with Gasteiger partial charge in [-0.1, -0.05) is 34.1 Å². The van der Waals surface area contributed by atoms with Gasteiger partial charge in [0, 0.05) is 0 Å². The SMILES string of the molecule is CCNC1(C(F)F)CC(C)CCC1C(C)C. The lowest BCUT2D eigenvalue weighted by molar-refractivity contribution is -0.0549. The lowest BCUT2D eigenvalue weighted by Gasteiger charge is -2.48. The van der Waals surface area contributed by atoms with Crippen molar-refractivity contribution in [2.24, 2.45) is 17.8 Å². The Hall–Kier alpha value is -0.180. The van der Waals surface area contributed by atoms with Gasteiger partial charge in [-0.3, -0.25) is 0 Å². The Labute approximate surface area is 98.0 Å². The van der Waals surface area contributed by atoms with Crippen molar-refractivity contribution in [3.63, 3.8) is 0 Å². The molecule has 3 unspecified atom stereocenters. The molecule has 0 aromatic heterocycles. The molecule has 0 aromatic carbocycles. The summed E-state index contributed by atoms with van der Waals surface area (Å²) in [7, 11) is 0. The number of hydrogen-bond acceptors (Lipinski definition) is 1. The second-order valence-corrected chi connectivity index (χ2v) is 5.61. The van der Waals surface area contributed by atoms with Crippen molar-refractivity contribution in [1.82, 2.24) is 5.32 Å². The van der Waals surface area contributed by atoms with Gasteiger partial charge < -0.3 is 5.32 Å². The molecule has 1 saturated carbocycles. The van der Waals surface area contributed by atoms with E-state index < -0.39 is 12.0 Å².